The Kier molecular flexibility index (Phi) is 6.07. The smallest absolute Gasteiger partial charge is 0.176 e. The molecular weight excluding hydrogens is 358 g/mol. The van der Waals surface area contributed by atoms with Crippen molar-refractivity contribution in [3.8, 4) is 29.6 Å². The third-order valence-corrected chi connectivity index (χ3v) is 3.58. The largest absolute Gasteiger partial charge is 0.497 e. The minimum absolute atomic E-state index is 0.175. The minimum Gasteiger partial charge on any atom is -0.497 e. The Balaban J connectivity index is 2.24. The van der Waals surface area contributed by atoms with Gasteiger partial charge in [0.05, 0.1) is 24.4 Å². The number of rotatable bonds is 6. The molecule has 0 radical (unpaired) electrons. The molecule has 0 atom stereocenters. The number of benzene rings is 2. The van der Waals surface area contributed by atoms with E-state index in [9.17, 15) is 0 Å². The minimum atomic E-state index is 0.175. The van der Waals surface area contributed by atoms with Crippen molar-refractivity contribution < 1.29 is 14.2 Å². The molecule has 0 amide bonds. The molecule has 0 heterocycles. The lowest BCUT2D eigenvalue weighted by atomic mass is 10.2. The molecule has 5 heteroatoms. The Bertz CT molecular complexity index is 733. The van der Waals surface area contributed by atoms with E-state index >= 15 is 0 Å². The fraction of sp³-hybridized carbons (Fsp3) is 0.167. The fourth-order valence-electron chi connectivity index (χ4n) is 1.89. The second-order valence-electron chi connectivity index (χ2n) is 4.48. The Morgan fingerprint density at radius 1 is 1.17 bits per heavy atom. The van der Waals surface area contributed by atoms with E-state index in [0.29, 0.717) is 11.5 Å². The first kappa shape index (κ1) is 16.9. The van der Waals surface area contributed by atoms with Crippen molar-refractivity contribution in [3.05, 3.63) is 46.4 Å². The third kappa shape index (κ3) is 4.51. The van der Waals surface area contributed by atoms with Crippen LogP contribution in [0.5, 0.6) is 17.2 Å². The Labute approximate surface area is 144 Å². The van der Waals surface area contributed by atoms with Gasteiger partial charge in [-0.2, -0.15) is 0 Å². The highest BCUT2D eigenvalue weighted by molar-refractivity contribution is 9.10. The molecule has 0 aliphatic heterocycles. The summed E-state index contributed by atoms with van der Waals surface area (Å²) in [5.41, 5.74) is 1.70. The summed E-state index contributed by atoms with van der Waals surface area (Å²) < 4.78 is 16.7. The number of terminal acetylenes is 1. The van der Waals surface area contributed by atoms with Gasteiger partial charge in [-0.15, -0.1) is 6.42 Å². The monoisotopic (exact) mass is 373 g/mol. The van der Waals surface area contributed by atoms with E-state index < -0.39 is 0 Å². The summed E-state index contributed by atoms with van der Waals surface area (Å²) in [5, 5.41) is 0. The van der Waals surface area contributed by atoms with Gasteiger partial charge in [-0.25, -0.2) is 0 Å². The predicted molar refractivity (Wildman–Crippen MR) is 95.3 cm³/mol. The summed E-state index contributed by atoms with van der Waals surface area (Å²) in [6, 6.07) is 11.2. The van der Waals surface area contributed by atoms with Gasteiger partial charge < -0.3 is 14.2 Å². The van der Waals surface area contributed by atoms with E-state index in [4.69, 9.17) is 20.6 Å². The lowest BCUT2D eigenvalue weighted by molar-refractivity contribution is 0.329. The molecule has 0 aromatic heterocycles. The van der Waals surface area contributed by atoms with Crippen LogP contribution in [0.2, 0.25) is 0 Å². The highest BCUT2D eigenvalue weighted by atomic mass is 79.9. The zero-order valence-electron chi connectivity index (χ0n) is 12.9. The molecule has 0 N–H and O–H groups in total. The summed E-state index contributed by atoms with van der Waals surface area (Å²) in [7, 11) is 3.21. The predicted octanol–water partition coefficient (Wildman–Crippen LogP) is 4.23. The van der Waals surface area contributed by atoms with Crippen molar-refractivity contribution in [2.45, 2.75) is 0 Å². The first-order chi connectivity index (χ1) is 11.2. The van der Waals surface area contributed by atoms with Crippen LogP contribution in [-0.4, -0.2) is 27.0 Å². The van der Waals surface area contributed by atoms with Crippen LogP contribution in [0.1, 0.15) is 5.56 Å². The topological polar surface area (TPSA) is 40.0 Å². The van der Waals surface area contributed by atoms with Crippen molar-refractivity contribution in [2.75, 3.05) is 20.8 Å². The Morgan fingerprint density at radius 3 is 2.52 bits per heavy atom. The van der Waals surface area contributed by atoms with Gasteiger partial charge in [0.25, 0.3) is 0 Å². The molecular formula is C18H16BrNO3. The molecule has 0 saturated carbocycles. The molecule has 0 unspecified atom stereocenters. The average molecular weight is 374 g/mol. The second-order valence-corrected chi connectivity index (χ2v) is 5.34. The summed E-state index contributed by atoms with van der Waals surface area (Å²) in [4.78, 5) is 4.43. The van der Waals surface area contributed by atoms with Crippen LogP contribution in [-0.2, 0) is 0 Å². The third-order valence-electron chi connectivity index (χ3n) is 2.99. The molecule has 0 aliphatic carbocycles. The van der Waals surface area contributed by atoms with Crippen molar-refractivity contribution in [1.29, 1.82) is 0 Å². The van der Waals surface area contributed by atoms with Crippen molar-refractivity contribution in [1.82, 2.24) is 0 Å². The highest BCUT2D eigenvalue weighted by Gasteiger charge is 2.10. The number of nitrogens with zero attached hydrogens (tertiary/aromatic N) is 1. The van der Waals surface area contributed by atoms with Crippen molar-refractivity contribution in [2.24, 2.45) is 4.99 Å². The Morgan fingerprint density at radius 2 is 1.91 bits per heavy atom. The van der Waals surface area contributed by atoms with Gasteiger partial charge in [0.1, 0.15) is 12.4 Å². The van der Waals surface area contributed by atoms with Gasteiger partial charge in [-0.3, -0.25) is 4.99 Å². The molecule has 2 aromatic rings. The van der Waals surface area contributed by atoms with E-state index in [2.05, 4.69) is 26.8 Å². The highest BCUT2D eigenvalue weighted by Crippen LogP contribution is 2.36. The van der Waals surface area contributed by atoms with Gasteiger partial charge in [-0.05, 0) is 57.9 Å². The first-order valence-corrected chi connectivity index (χ1v) is 7.59. The van der Waals surface area contributed by atoms with E-state index in [0.717, 1.165) is 21.5 Å². The van der Waals surface area contributed by atoms with Crippen LogP contribution in [0, 0.1) is 12.3 Å². The van der Waals surface area contributed by atoms with Crippen LogP contribution in [0.25, 0.3) is 0 Å². The average Bonchev–Trinajstić information content (AvgIpc) is 2.59. The molecule has 0 saturated heterocycles. The summed E-state index contributed by atoms with van der Waals surface area (Å²) in [6.45, 7) is 0.175. The molecule has 0 bridgehead atoms. The summed E-state index contributed by atoms with van der Waals surface area (Å²) >= 11 is 3.46. The molecule has 0 aliphatic rings. The van der Waals surface area contributed by atoms with Crippen LogP contribution < -0.4 is 14.2 Å². The molecule has 4 nitrogen and oxygen atoms in total. The van der Waals surface area contributed by atoms with Crippen LogP contribution in [0.4, 0.5) is 5.69 Å². The zero-order valence-corrected chi connectivity index (χ0v) is 14.5. The summed E-state index contributed by atoms with van der Waals surface area (Å²) in [6.07, 6.45) is 6.97. The van der Waals surface area contributed by atoms with Gasteiger partial charge in [-0.1, -0.05) is 5.92 Å². The molecule has 2 aromatic carbocycles. The number of aliphatic imine (C=N–C) groups is 1. The zero-order chi connectivity index (χ0) is 16.7. The maximum absolute atomic E-state index is 5.48. The van der Waals surface area contributed by atoms with Crippen LogP contribution in [0.3, 0.4) is 0 Å². The molecule has 0 spiro atoms. The van der Waals surface area contributed by atoms with Crippen molar-refractivity contribution in [3.63, 3.8) is 0 Å². The molecule has 118 valence electrons. The van der Waals surface area contributed by atoms with Crippen molar-refractivity contribution >= 4 is 27.8 Å². The first-order valence-electron chi connectivity index (χ1n) is 6.80. The quantitative estimate of drug-likeness (QED) is 0.561. The standard InChI is InChI=1S/C18H16BrNO3/c1-4-9-23-18-16(19)10-13(11-17(18)22-3)12-20-14-5-7-15(21-2)8-6-14/h1,5-8,10-12H,9H2,2-3H3. The summed E-state index contributed by atoms with van der Waals surface area (Å²) in [5.74, 6) is 4.39. The van der Waals surface area contributed by atoms with Crippen LogP contribution in [0.15, 0.2) is 45.9 Å². The number of hydrogen-bond acceptors (Lipinski definition) is 4. The Hall–Kier alpha value is -2.45. The molecule has 23 heavy (non-hydrogen) atoms. The molecule has 2 rings (SSSR count). The van der Waals surface area contributed by atoms with Gasteiger partial charge >= 0.3 is 0 Å². The van der Waals surface area contributed by atoms with Gasteiger partial charge in [0.2, 0.25) is 0 Å². The SMILES string of the molecule is C#CCOc1c(Br)cc(C=Nc2ccc(OC)cc2)cc1OC. The van der Waals surface area contributed by atoms with E-state index in [1.54, 1.807) is 20.4 Å². The maximum Gasteiger partial charge on any atom is 0.176 e. The second kappa shape index (κ2) is 8.25. The fourth-order valence-corrected chi connectivity index (χ4v) is 2.46. The van der Waals surface area contributed by atoms with E-state index in [1.807, 2.05) is 36.4 Å². The van der Waals surface area contributed by atoms with Crippen LogP contribution >= 0.6 is 15.9 Å². The van der Waals surface area contributed by atoms with Gasteiger partial charge in [0, 0.05) is 6.21 Å². The number of hydrogen-bond donors (Lipinski definition) is 0. The molecule has 0 fully saturated rings. The lowest BCUT2D eigenvalue weighted by Crippen LogP contribution is -1.98. The maximum atomic E-state index is 5.48. The number of ether oxygens (including phenoxy) is 3. The lowest BCUT2D eigenvalue weighted by Gasteiger charge is -2.11. The normalized spacial score (nSPS) is 10.3. The van der Waals surface area contributed by atoms with Gasteiger partial charge in [0.15, 0.2) is 11.5 Å². The van der Waals surface area contributed by atoms with E-state index in [1.165, 1.54) is 0 Å². The van der Waals surface area contributed by atoms with E-state index in [-0.39, 0.29) is 6.61 Å². The number of methoxy groups -OCH3 is 2. The number of halogens is 1.